The van der Waals surface area contributed by atoms with Crippen LogP contribution in [0.15, 0.2) is 12.3 Å². The normalized spacial score (nSPS) is 10.2. The van der Waals surface area contributed by atoms with Crippen LogP contribution >= 0.6 is 0 Å². The van der Waals surface area contributed by atoms with Crippen molar-refractivity contribution < 1.29 is 14.3 Å². The molecule has 18 heavy (non-hydrogen) atoms. The molecule has 0 spiro atoms. The summed E-state index contributed by atoms with van der Waals surface area (Å²) in [5.41, 5.74) is 0. The van der Waals surface area contributed by atoms with E-state index in [1.807, 2.05) is 17.9 Å². The second-order valence-corrected chi connectivity index (χ2v) is 3.77. The maximum absolute atomic E-state index is 11.2. The minimum Gasteiger partial charge on any atom is -0.469 e. The van der Waals surface area contributed by atoms with Crippen LogP contribution in [0.3, 0.4) is 0 Å². The number of carbonyl (C=O) groups is 1. The third kappa shape index (κ3) is 4.67. The van der Waals surface area contributed by atoms with E-state index in [4.69, 9.17) is 4.74 Å². The van der Waals surface area contributed by atoms with E-state index in [9.17, 15) is 4.79 Å². The summed E-state index contributed by atoms with van der Waals surface area (Å²) < 4.78 is 9.69. The second-order valence-electron chi connectivity index (χ2n) is 3.77. The van der Waals surface area contributed by atoms with E-state index in [2.05, 4.69) is 14.7 Å². The Morgan fingerprint density at radius 2 is 2.17 bits per heavy atom. The van der Waals surface area contributed by atoms with Gasteiger partial charge in [-0.2, -0.15) is 0 Å². The highest BCUT2D eigenvalue weighted by atomic mass is 16.5. The van der Waals surface area contributed by atoms with Gasteiger partial charge in [0.25, 0.3) is 0 Å². The van der Waals surface area contributed by atoms with Crippen LogP contribution in [-0.4, -0.2) is 49.9 Å². The molecule has 0 aliphatic rings. The Bertz CT molecular complexity index is 385. The Labute approximate surface area is 107 Å². The summed E-state index contributed by atoms with van der Waals surface area (Å²) >= 11 is 0. The van der Waals surface area contributed by atoms with Crippen molar-refractivity contribution in [2.75, 3.05) is 38.8 Å². The molecule has 0 saturated heterocycles. The van der Waals surface area contributed by atoms with Crippen LogP contribution in [-0.2, 0) is 14.3 Å². The molecule has 6 nitrogen and oxygen atoms in total. The Morgan fingerprint density at radius 3 is 2.78 bits per heavy atom. The summed E-state index contributed by atoms with van der Waals surface area (Å²) in [7, 11) is 3.03. The summed E-state index contributed by atoms with van der Waals surface area (Å²) in [5, 5.41) is 0. The van der Waals surface area contributed by atoms with Gasteiger partial charge in [0.15, 0.2) is 0 Å². The number of anilines is 1. The molecule has 0 radical (unpaired) electrons. The molecular weight excluding hydrogens is 234 g/mol. The average Bonchev–Trinajstić information content (AvgIpc) is 2.38. The molecule has 100 valence electrons. The molecule has 0 saturated carbocycles. The van der Waals surface area contributed by atoms with E-state index >= 15 is 0 Å². The first-order valence-corrected chi connectivity index (χ1v) is 5.77. The van der Waals surface area contributed by atoms with Gasteiger partial charge in [-0.1, -0.05) is 0 Å². The first kappa shape index (κ1) is 14.4. The predicted molar refractivity (Wildman–Crippen MR) is 67.5 cm³/mol. The fraction of sp³-hybridized carbons (Fsp3) is 0.583. The maximum atomic E-state index is 11.2. The Morgan fingerprint density at radius 1 is 1.39 bits per heavy atom. The van der Waals surface area contributed by atoms with Gasteiger partial charge in [-0.25, -0.2) is 9.97 Å². The molecule has 6 heteroatoms. The highest BCUT2D eigenvalue weighted by Gasteiger charge is 2.10. The minimum atomic E-state index is -0.233. The predicted octanol–water partition coefficient (Wildman–Crippen LogP) is 0.801. The molecular formula is C12H19N3O3. The number of rotatable bonds is 7. The third-order valence-corrected chi connectivity index (χ3v) is 2.46. The number of hydrogen-bond donors (Lipinski definition) is 0. The summed E-state index contributed by atoms with van der Waals surface area (Å²) in [6.07, 6.45) is 2.03. The summed E-state index contributed by atoms with van der Waals surface area (Å²) in [6.45, 7) is 3.62. The third-order valence-electron chi connectivity index (χ3n) is 2.46. The van der Waals surface area contributed by atoms with Gasteiger partial charge in [0.2, 0.25) is 0 Å². The van der Waals surface area contributed by atoms with Crippen LogP contribution < -0.4 is 4.90 Å². The van der Waals surface area contributed by atoms with Gasteiger partial charge in [-0.3, -0.25) is 4.79 Å². The van der Waals surface area contributed by atoms with Gasteiger partial charge in [0.1, 0.15) is 11.6 Å². The Kier molecular flexibility index (Phi) is 6.07. The lowest BCUT2D eigenvalue weighted by atomic mass is 10.3. The number of aromatic nitrogens is 2. The summed E-state index contributed by atoms with van der Waals surface area (Å²) in [4.78, 5) is 21.5. The lowest BCUT2D eigenvalue weighted by molar-refractivity contribution is -0.140. The van der Waals surface area contributed by atoms with Crippen LogP contribution in [0, 0.1) is 6.92 Å². The molecule has 1 rings (SSSR count). The summed E-state index contributed by atoms with van der Waals surface area (Å²) in [6, 6.07) is 1.82. The quantitative estimate of drug-likeness (QED) is 0.670. The van der Waals surface area contributed by atoms with Crippen molar-refractivity contribution in [2.24, 2.45) is 0 Å². The standard InChI is InChI=1S/C12H19N3O3/c1-10-13-6-4-11(14-10)15(8-9-17-2)7-5-12(16)18-3/h4,6H,5,7-9H2,1-3H3. The first-order valence-electron chi connectivity index (χ1n) is 5.77. The molecule has 0 aliphatic heterocycles. The van der Waals surface area contributed by atoms with E-state index in [1.165, 1.54) is 7.11 Å². The maximum Gasteiger partial charge on any atom is 0.307 e. The molecule has 0 amide bonds. The SMILES string of the molecule is COCCN(CCC(=O)OC)c1ccnc(C)n1. The van der Waals surface area contributed by atoms with Crippen LogP contribution in [0.5, 0.6) is 0 Å². The highest BCUT2D eigenvalue weighted by Crippen LogP contribution is 2.10. The molecule has 0 fully saturated rings. The molecule has 0 aliphatic carbocycles. The average molecular weight is 253 g/mol. The fourth-order valence-corrected chi connectivity index (χ4v) is 1.49. The fourth-order valence-electron chi connectivity index (χ4n) is 1.49. The van der Waals surface area contributed by atoms with Crippen LogP contribution in [0.4, 0.5) is 5.82 Å². The van der Waals surface area contributed by atoms with Crippen molar-refractivity contribution in [1.82, 2.24) is 9.97 Å². The highest BCUT2D eigenvalue weighted by molar-refractivity contribution is 5.69. The van der Waals surface area contributed by atoms with Gasteiger partial charge < -0.3 is 14.4 Å². The number of aryl methyl sites for hydroxylation is 1. The van der Waals surface area contributed by atoms with Crippen molar-refractivity contribution in [1.29, 1.82) is 0 Å². The van der Waals surface area contributed by atoms with Gasteiger partial charge in [0, 0.05) is 26.4 Å². The van der Waals surface area contributed by atoms with Gasteiger partial charge in [-0.05, 0) is 13.0 Å². The number of esters is 1. The number of methoxy groups -OCH3 is 2. The largest absolute Gasteiger partial charge is 0.469 e. The van der Waals surface area contributed by atoms with Gasteiger partial charge >= 0.3 is 5.97 Å². The molecule has 0 bridgehead atoms. The van der Waals surface area contributed by atoms with E-state index < -0.39 is 0 Å². The molecule has 0 N–H and O–H groups in total. The zero-order chi connectivity index (χ0) is 13.4. The molecule has 1 aromatic heterocycles. The topological polar surface area (TPSA) is 64.5 Å². The van der Waals surface area contributed by atoms with Crippen molar-refractivity contribution in [3.05, 3.63) is 18.1 Å². The zero-order valence-corrected chi connectivity index (χ0v) is 11.0. The lowest BCUT2D eigenvalue weighted by Gasteiger charge is -2.22. The smallest absolute Gasteiger partial charge is 0.307 e. The Hall–Kier alpha value is -1.69. The number of hydrogen-bond acceptors (Lipinski definition) is 6. The van der Waals surface area contributed by atoms with Crippen LogP contribution in [0.2, 0.25) is 0 Å². The summed E-state index contributed by atoms with van der Waals surface area (Å²) in [5.74, 6) is 1.26. The molecule has 0 atom stereocenters. The van der Waals surface area contributed by atoms with Crippen molar-refractivity contribution in [2.45, 2.75) is 13.3 Å². The van der Waals surface area contributed by atoms with Crippen molar-refractivity contribution >= 4 is 11.8 Å². The molecule has 1 aromatic rings. The monoisotopic (exact) mass is 253 g/mol. The lowest BCUT2D eigenvalue weighted by Crippen LogP contribution is -2.30. The number of ether oxygens (including phenoxy) is 2. The second kappa shape index (κ2) is 7.60. The van der Waals surface area contributed by atoms with Gasteiger partial charge in [-0.15, -0.1) is 0 Å². The Balaban J connectivity index is 2.68. The van der Waals surface area contributed by atoms with Crippen molar-refractivity contribution in [3.8, 4) is 0 Å². The molecule has 1 heterocycles. The number of carbonyl (C=O) groups excluding carboxylic acids is 1. The number of nitrogens with zero attached hydrogens (tertiary/aromatic N) is 3. The zero-order valence-electron chi connectivity index (χ0n) is 11.0. The van der Waals surface area contributed by atoms with E-state index in [1.54, 1.807) is 13.3 Å². The van der Waals surface area contributed by atoms with Crippen LogP contribution in [0.25, 0.3) is 0 Å². The van der Waals surface area contributed by atoms with Crippen molar-refractivity contribution in [3.63, 3.8) is 0 Å². The van der Waals surface area contributed by atoms with Gasteiger partial charge in [0.05, 0.1) is 20.1 Å². The molecule has 0 unspecified atom stereocenters. The molecule has 0 aromatic carbocycles. The first-order chi connectivity index (χ1) is 8.67. The minimum absolute atomic E-state index is 0.233. The van der Waals surface area contributed by atoms with E-state index in [-0.39, 0.29) is 5.97 Å². The van der Waals surface area contributed by atoms with E-state index in [0.717, 1.165) is 5.82 Å². The van der Waals surface area contributed by atoms with Crippen LogP contribution in [0.1, 0.15) is 12.2 Å². The van der Waals surface area contributed by atoms with E-state index in [0.29, 0.717) is 31.9 Å².